The molecule has 0 aromatic carbocycles. The minimum Gasteiger partial charge on any atom is -0.870 e. The molecule has 0 aromatic rings. The van der Waals surface area contributed by atoms with Gasteiger partial charge in [-0.25, -0.2) is 4.79 Å². The number of hydrogen-bond donors (Lipinski definition) is 3. The average Bonchev–Trinajstić information content (AvgIpc) is 2.44. The Labute approximate surface area is 191 Å². The van der Waals surface area contributed by atoms with Gasteiger partial charge in [0.05, 0.1) is 0 Å². The molecular weight excluding hydrogens is 354 g/mol. The van der Waals surface area contributed by atoms with E-state index in [0.29, 0.717) is 6.42 Å². The van der Waals surface area contributed by atoms with Crippen LogP contribution in [0.25, 0.3) is 0 Å². The molecule has 0 spiro atoms. The van der Waals surface area contributed by atoms with Gasteiger partial charge < -0.3 is 32.0 Å². The molecule has 0 radical (unpaired) electrons. The summed E-state index contributed by atoms with van der Waals surface area (Å²) >= 11 is 0. The number of carboxylic acid groups (broad SMARTS) is 2. The zero-order valence-corrected chi connectivity index (χ0v) is 19.2. The van der Waals surface area contributed by atoms with Crippen LogP contribution < -0.4 is 75.7 Å². The first-order valence-electron chi connectivity index (χ1n) is 6.30. The van der Waals surface area contributed by atoms with Crippen molar-refractivity contribution in [3.63, 3.8) is 0 Å². The predicted octanol–water partition coefficient (Wildman–Crippen LogP) is -6.98. The van der Waals surface area contributed by atoms with Crippen LogP contribution in [0.5, 0.6) is 0 Å². The minimum absolute atomic E-state index is 0. The summed E-state index contributed by atoms with van der Waals surface area (Å²) in [5.41, 5.74) is 9.58. The summed E-state index contributed by atoms with van der Waals surface area (Å²) < 4.78 is 0. The second-order valence-corrected chi connectivity index (χ2v) is 4.11. The largest absolute Gasteiger partial charge is 1.00 e. The van der Waals surface area contributed by atoms with Crippen molar-refractivity contribution in [3.05, 3.63) is 25.3 Å². The third-order valence-corrected chi connectivity index (χ3v) is 2.31. The van der Waals surface area contributed by atoms with E-state index in [1.165, 1.54) is 6.92 Å². The summed E-state index contributed by atoms with van der Waals surface area (Å²) in [6.07, 6.45) is 2.74. The fourth-order valence-electron chi connectivity index (χ4n) is 1.01. The second-order valence-electron chi connectivity index (χ2n) is 4.11. The van der Waals surface area contributed by atoms with Crippen LogP contribution in [-0.2, 0) is 19.2 Å². The second kappa shape index (κ2) is 25.6. The van der Waals surface area contributed by atoms with Crippen molar-refractivity contribution in [2.24, 2.45) is 23.3 Å². The van der Waals surface area contributed by atoms with Crippen LogP contribution in [0.15, 0.2) is 25.3 Å². The summed E-state index contributed by atoms with van der Waals surface area (Å²) in [6.45, 7) is 9.36. The Morgan fingerprint density at radius 1 is 1.12 bits per heavy atom. The summed E-state index contributed by atoms with van der Waals surface area (Å²) in [6, 6.07) is 0. The van der Waals surface area contributed by atoms with E-state index in [1.807, 2.05) is 0 Å². The van der Waals surface area contributed by atoms with Crippen LogP contribution in [-0.4, -0.2) is 34.3 Å². The number of carbonyl (C=O) groups excluding carboxylic acids is 3. The number of primary amides is 2. The van der Waals surface area contributed by atoms with Crippen molar-refractivity contribution < 1.29 is 94.0 Å². The number of rotatable bonds is 7. The summed E-state index contributed by atoms with van der Waals surface area (Å²) in [7, 11) is 0. The molecule has 0 aliphatic carbocycles. The van der Waals surface area contributed by atoms with E-state index in [0.717, 1.165) is 12.2 Å². The van der Waals surface area contributed by atoms with Gasteiger partial charge in [0.2, 0.25) is 11.8 Å². The zero-order valence-electron chi connectivity index (χ0n) is 15.2. The standard InChI is InChI=1S/C8H15NO3.C3H5NO.C3H4O2.2Na.H2O/c1-3-6(7(9)10)4-5(2)8(11)12;2*1-2-3(4)5;;;/h5-6H,3-4H2,1-2H3,(H2,9,10)(H,11,12);2H,1H2,(H2,4,5);2H,1H2,(H,4,5);;;1H2/q;;;2*+1;/p-2. The van der Waals surface area contributed by atoms with Crippen LogP contribution in [0.3, 0.4) is 0 Å². The van der Waals surface area contributed by atoms with Crippen LogP contribution >= 0.6 is 0 Å². The molecule has 0 fully saturated rings. The summed E-state index contributed by atoms with van der Waals surface area (Å²) in [4.78, 5) is 39.7. The number of carbonyl (C=O) groups is 4. The van der Waals surface area contributed by atoms with Crippen molar-refractivity contribution in [1.29, 1.82) is 0 Å². The van der Waals surface area contributed by atoms with E-state index in [4.69, 9.17) is 10.8 Å². The summed E-state index contributed by atoms with van der Waals surface area (Å²) in [5.74, 6) is -3.99. The van der Waals surface area contributed by atoms with E-state index in [-0.39, 0.29) is 76.9 Å². The molecule has 0 aromatic heterocycles. The Bertz CT molecular complexity index is 400. The van der Waals surface area contributed by atoms with Gasteiger partial charge in [0.1, 0.15) is 0 Å². The molecule has 134 valence electrons. The van der Waals surface area contributed by atoms with Gasteiger partial charge in [-0.1, -0.05) is 27.0 Å². The number of hydrogen-bond acceptors (Lipinski definition) is 6. The number of aliphatic carboxylic acids is 2. The molecule has 0 aliphatic heterocycles. The van der Waals surface area contributed by atoms with Gasteiger partial charge in [-0.3, -0.25) is 9.59 Å². The van der Waals surface area contributed by atoms with Crippen molar-refractivity contribution in [2.45, 2.75) is 26.7 Å². The van der Waals surface area contributed by atoms with Crippen molar-refractivity contribution in [2.75, 3.05) is 0 Å². The Morgan fingerprint density at radius 3 is 1.56 bits per heavy atom. The Balaban J connectivity index is -0.0000000592. The van der Waals surface area contributed by atoms with Crippen LogP contribution in [0, 0.1) is 11.8 Å². The Hall–Kier alpha value is -0.680. The molecular formula is C14H24N2Na2O7. The molecule has 2 unspecified atom stereocenters. The van der Waals surface area contributed by atoms with Gasteiger partial charge in [0.25, 0.3) is 0 Å². The third-order valence-electron chi connectivity index (χ3n) is 2.31. The predicted molar refractivity (Wildman–Crippen MR) is 80.9 cm³/mol. The molecule has 0 heterocycles. The van der Waals surface area contributed by atoms with Gasteiger partial charge in [-0.05, 0) is 24.8 Å². The minimum atomic E-state index is -1.13. The maximum atomic E-state index is 10.7. The number of nitrogens with two attached hydrogens (primary N) is 2. The van der Waals surface area contributed by atoms with Crippen LogP contribution in [0.4, 0.5) is 0 Å². The first kappa shape index (κ1) is 39.4. The smallest absolute Gasteiger partial charge is 0.870 e. The Kier molecular flexibility index (Phi) is 40.3. The maximum absolute atomic E-state index is 10.7. The van der Waals surface area contributed by atoms with E-state index in [2.05, 4.69) is 18.9 Å². The third kappa shape index (κ3) is 35.3. The Morgan fingerprint density at radius 2 is 1.44 bits per heavy atom. The van der Waals surface area contributed by atoms with Gasteiger partial charge >= 0.3 is 65.1 Å². The topological polar surface area (TPSA) is 194 Å². The molecule has 2 amide bonds. The fraction of sp³-hybridized carbons (Fsp3) is 0.429. The van der Waals surface area contributed by atoms with E-state index >= 15 is 0 Å². The van der Waals surface area contributed by atoms with E-state index < -0.39 is 29.7 Å². The maximum Gasteiger partial charge on any atom is 1.00 e. The van der Waals surface area contributed by atoms with Gasteiger partial charge in [-0.15, -0.1) is 0 Å². The van der Waals surface area contributed by atoms with Crippen molar-refractivity contribution >= 4 is 23.8 Å². The van der Waals surface area contributed by atoms with E-state index in [1.54, 1.807) is 6.92 Å². The van der Waals surface area contributed by atoms with Gasteiger partial charge in [0, 0.05) is 18.0 Å². The van der Waals surface area contributed by atoms with Crippen LogP contribution in [0.1, 0.15) is 26.7 Å². The molecule has 0 saturated heterocycles. The molecule has 6 N–H and O–H groups in total. The molecule has 9 nitrogen and oxygen atoms in total. The number of carboxylic acids is 2. The average molecular weight is 378 g/mol. The van der Waals surface area contributed by atoms with E-state index in [9.17, 15) is 24.3 Å². The molecule has 0 aliphatic rings. The number of amides is 2. The zero-order chi connectivity index (χ0) is 18.3. The molecule has 25 heavy (non-hydrogen) atoms. The monoisotopic (exact) mass is 378 g/mol. The first-order valence-corrected chi connectivity index (χ1v) is 6.30. The molecule has 0 bridgehead atoms. The molecule has 0 saturated carbocycles. The quantitative estimate of drug-likeness (QED) is 0.289. The van der Waals surface area contributed by atoms with Gasteiger partial charge in [-0.2, -0.15) is 0 Å². The molecule has 0 rings (SSSR count). The van der Waals surface area contributed by atoms with Gasteiger partial charge in [0.15, 0.2) is 0 Å². The molecule has 2 atom stereocenters. The summed E-state index contributed by atoms with van der Waals surface area (Å²) in [5, 5.41) is 17.9. The normalized spacial score (nSPS) is 9.84. The van der Waals surface area contributed by atoms with Crippen molar-refractivity contribution in [1.82, 2.24) is 0 Å². The fourth-order valence-corrected chi connectivity index (χ4v) is 1.01. The van der Waals surface area contributed by atoms with Crippen molar-refractivity contribution in [3.8, 4) is 0 Å². The SMILES string of the molecule is C=CC(=O)O.C=CC(N)=O.CCC(CC(C)C(=O)[O-])C(N)=O.[Na+].[Na+].[OH-]. The molecule has 11 heteroatoms. The van der Waals surface area contributed by atoms with Crippen LogP contribution in [0.2, 0.25) is 0 Å². The first-order chi connectivity index (χ1) is 10.0.